The minimum Gasteiger partial charge on any atom is -0.493 e. The van der Waals surface area contributed by atoms with Crippen molar-refractivity contribution in [3.05, 3.63) is 66.7 Å². The Balaban J connectivity index is 1.71. The van der Waals surface area contributed by atoms with E-state index in [1.807, 2.05) is 0 Å². The van der Waals surface area contributed by atoms with Crippen LogP contribution in [0.5, 0.6) is 17.2 Å². The summed E-state index contributed by atoms with van der Waals surface area (Å²) >= 11 is 0. The second-order valence-electron chi connectivity index (χ2n) is 6.80. The third-order valence-corrected chi connectivity index (χ3v) is 6.19. The lowest BCUT2D eigenvalue weighted by molar-refractivity contribution is 0.324. The van der Waals surface area contributed by atoms with Gasteiger partial charge in [0.25, 0.3) is 15.9 Å². The first kappa shape index (κ1) is 22.2. The molecule has 0 spiro atoms. The highest BCUT2D eigenvalue weighted by Crippen LogP contribution is 2.41. The Morgan fingerprint density at radius 3 is 2.12 bits per heavy atom. The van der Waals surface area contributed by atoms with Gasteiger partial charge in [-0.1, -0.05) is 35.5 Å². The molecule has 4 rings (SSSR count). The highest BCUT2D eigenvalue weighted by Gasteiger charge is 2.21. The molecule has 0 aliphatic carbocycles. The lowest BCUT2D eigenvalue weighted by Crippen LogP contribution is -2.13. The topological polar surface area (TPSA) is 113 Å². The van der Waals surface area contributed by atoms with Gasteiger partial charge in [0.05, 0.1) is 37.5 Å². The summed E-state index contributed by atoms with van der Waals surface area (Å²) in [6, 6.07) is 18.2. The van der Waals surface area contributed by atoms with Gasteiger partial charge in [-0.25, -0.2) is 8.42 Å². The maximum Gasteiger partial charge on any atom is 0.261 e. The van der Waals surface area contributed by atoms with Crippen molar-refractivity contribution in [3.8, 4) is 40.1 Å². The second kappa shape index (κ2) is 9.21. The normalized spacial score (nSPS) is 11.1. The number of anilines is 1. The summed E-state index contributed by atoms with van der Waals surface area (Å²) in [5.41, 5.74) is 1.31. The first-order chi connectivity index (χ1) is 16.0. The molecule has 1 aromatic heterocycles. The Morgan fingerprint density at radius 2 is 1.48 bits per heavy atom. The molecule has 0 bridgehead atoms. The molecule has 0 radical (unpaired) electrons. The van der Waals surface area contributed by atoms with Gasteiger partial charge in [-0.2, -0.15) is 4.98 Å². The predicted octanol–water partition coefficient (Wildman–Crippen LogP) is 4.23. The van der Waals surface area contributed by atoms with Gasteiger partial charge in [0.1, 0.15) is 0 Å². The van der Waals surface area contributed by atoms with E-state index in [0.717, 1.165) is 0 Å². The van der Waals surface area contributed by atoms with Crippen LogP contribution in [0.15, 0.2) is 76.1 Å². The number of nitrogens with one attached hydrogen (secondary N) is 1. The Bertz CT molecular complexity index is 1340. The number of hydrogen-bond donors (Lipinski definition) is 1. The quantitative estimate of drug-likeness (QED) is 0.410. The van der Waals surface area contributed by atoms with Crippen molar-refractivity contribution in [3.63, 3.8) is 0 Å². The van der Waals surface area contributed by atoms with Gasteiger partial charge in [-0.15, -0.1) is 0 Å². The summed E-state index contributed by atoms with van der Waals surface area (Å²) in [5.74, 6) is 1.73. The molecule has 1 N–H and O–H groups in total. The number of aromatic nitrogens is 2. The van der Waals surface area contributed by atoms with E-state index in [9.17, 15) is 8.42 Å². The van der Waals surface area contributed by atoms with Crippen LogP contribution in [0, 0.1) is 0 Å². The second-order valence-corrected chi connectivity index (χ2v) is 8.48. The first-order valence-electron chi connectivity index (χ1n) is 9.78. The average Bonchev–Trinajstić information content (AvgIpc) is 3.34. The van der Waals surface area contributed by atoms with Gasteiger partial charge in [-0.3, -0.25) is 4.72 Å². The minimum absolute atomic E-state index is 0.142. The lowest BCUT2D eigenvalue weighted by atomic mass is 10.1. The summed E-state index contributed by atoms with van der Waals surface area (Å²) in [7, 11) is 0.736. The van der Waals surface area contributed by atoms with Crippen LogP contribution in [-0.2, 0) is 10.0 Å². The lowest BCUT2D eigenvalue weighted by Gasteiger charge is -2.12. The number of methoxy groups -OCH3 is 3. The highest BCUT2D eigenvalue weighted by molar-refractivity contribution is 7.92. The van der Waals surface area contributed by atoms with Crippen LogP contribution in [0.3, 0.4) is 0 Å². The van der Waals surface area contributed by atoms with Gasteiger partial charge in [-0.05, 0) is 36.4 Å². The van der Waals surface area contributed by atoms with E-state index in [1.54, 1.807) is 54.6 Å². The zero-order valence-corrected chi connectivity index (χ0v) is 18.9. The molecule has 0 atom stereocenters. The van der Waals surface area contributed by atoms with Gasteiger partial charge in [0.2, 0.25) is 11.6 Å². The molecule has 0 saturated heterocycles. The Labute approximate surface area is 191 Å². The molecule has 170 valence electrons. The zero-order valence-electron chi connectivity index (χ0n) is 18.1. The first-order valence-corrected chi connectivity index (χ1v) is 11.3. The molecular formula is C23H21N3O6S. The summed E-state index contributed by atoms with van der Waals surface area (Å²) in [4.78, 5) is 4.60. The monoisotopic (exact) mass is 467 g/mol. The van der Waals surface area contributed by atoms with Gasteiger partial charge < -0.3 is 18.7 Å². The third kappa shape index (κ3) is 4.46. The van der Waals surface area contributed by atoms with E-state index in [2.05, 4.69) is 14.9 Å². The molecular weight excluding hydrogens is 446 g/mol. The van der Waals surface area contributed by atoms with E-state index in [-0.39, 0.29) is 16.6 Å². The smallest absolute Gasteiger partial charge is 0.261 e. The number of hydrogen-bond acceptors (Lipinski definition) is 8. The third-order valence-electron chi connectivity index (χ3n) is 4.80. The average molecular weight is 468 g/mol. The number of benzene rings is 3. The van der Waals surface area contributed by atoms with Crippen molar-refractivity contribution in [1.29, 1.82) is 0 Å². The number of ether oxygens (including phenoxy) is 3. The minimum atomic E-state index is -3.80. The number of sulfonamides is 1. The van der Waals surface area contributed by atoms with Crippen molar-refractivity contribution in [2.45, 2.75) is 4.90 Å². The summed E-state index contributed by atoms with van der Waals surface area (Å²) in [6.07, 6.45) is 0. The maximum absolute atomic E-state index is 12.8. The molecule has 9 nitrogen and oxygen atoms in total. The molecule has 3 aromatic carbocycles. The van der Waals surface area contributed by atoms with Gasteiger partial charge in [0.15, 0.2) is 11.5 Å². The van der Waals surface area contributed by atoms with Crippen molar-refractivity contribution in [2.24, 2.45) is 0 Å². The fourth-order valence-electron chi connectivity index (χ4n) is 3.22. The molecule has 10 heteroatoms. The maximum atomic E-state index is 12.8. The molecule has 0 aliphatic heterocycles. The van der Waals surface area contributed by atoms with Crippen LogP contribution in [-0.4, -0.2) is 39.9 Å². The standard InChI is InChI=1S/C23H21N3O6S/c1-29-19-13-15(14-20(30-2)21(19)31-3)22-24-23(32-25-22)17-11-7-8-12-18(17)26-33(27,28)16-9-5-4-6-10-16/h4-14,26H,1-3H3. The van der Waals surface area contributed by atoms with E-state index in [0.29, 0.717) is 34.1 Å². The fraction of sp³-hybridized carbons (Fsp3) is 0.130. The van der Waals surface area contributed by atoms with Crippen LogP contribution in [0.1, 0.15) is 0 Å². The van der Waals surface area contributed by atoms with E-state index < -0.39 is 10.0 Å². The predicted molar refractivity (Wildman–Crippen MR) is 122 cm³/mol. The molecule has 0 saturated carbocycles. The van der Waals surface area contributed by atoms with Gasteiger partial charge in [0, 0.05) is 5.56 Å². The molecule has 33 heavy (non-hydrogen) atoms. The zero-order chi connectivity index (χ0) is 23.4. The largest absolute Gasteiger partial charge is 0.493 e. The molecule has 0 unspecified atom stereocenters. The number of rotatable bonds is 8. The molecule has 0 amide bonds. The number of nitrogens with zero attached hydrogens (tertiary/aromatic N) is 2. The molecule has 4 aromatic rings. The van der Waals surface area contributed by atoms with Gasteiger partial charge >= 0.3 is 0 Å². The highest BCUT2D eigenvalue weighted by atomic mass is 32.2. The van der Waals surface area contributed by atoms with Crippen molar-refractivity contribution < 1.29 is 27.2 Å². The van der Waals surface area contributed by atoms with Crippen molar-refractivity contribution in [1.82, 2.24) is 10.1 Å². The van der Waals surface area contributed by atoms with E-state index in [4.69, 9.17) is 18.7 Å². The Hall–Kier alpha value is -4.05. The van der Waals surface area contributed by atoms with Crippen LogP contribution in [0.25, 0.3) is 22.8 Å². The molecule has 1 heterocycles. The van der Waals surface area contributed by atoms with Crippen LogP contribution in [0.4, 0.5) is 5.69 Å². The van der Waals surface area contributed by atoms with Crippen LogP contribution >= 0.6 is 0 Å². The molecule has 0 fully saturated rings. The Morgan fingerprint density at radius 1 is 0.848 bits per heavy atom. The summed E-state index contributed by atoms with van der Waals surface area (Å²) < 4.78 is 49.7. The van der Waals surface area contributed by atoms with Crippen LogP contribution in [0.2, 0.25) is 0 Å². The molecule has 0 aliphatic rings. The van der Waals surface area contributed by atoms with Crippen molar-refractivity contribution in [2.75, 3.05) is 26.1 Å². The summed E-state index contributed by atoms with van der Waals surface area (Å²) in [6.45, 7) is 0. The van der Waals surface area contributed by atoms with E-state index in [1.165, 1.54) is 33.5 Å². The van der Waals surface area contributed by atoms with E-state index >= 15 is 0 Å². The number of para-hydroxylation sites is 1. The fourth-order valence-corrected chi connectivity index (χ4v) is 4.32. The summed E-state index contributed by atoms with van der Waals surface area (Å²) in [5, 5.41) is 4.05. The Kier molecular flexibility index (Phi) is 6.18. The van der Waals surface area contributed by atoms with Crippen molar-refractivity contribution >= 4 is 15.7 Å². The SMILES string of the molecule is COc1cc(-c2noc(-c3ccccc3NS(=O)(=O)c3ccccc3)n2)cc(OC)c1OC. The van der Waals surface area contributed by atoms with Crippen LogP contribution < -0.4 is 18.9 Å².